The quantitative estimate of drug-likeness (QED) is 0.650. The van der Waals surface area contributed by atoms with Gasteiger partial charge in [-0.1, -0.05) is 23.7 Å². The summed E-state index contributed by atoms with van der Waals surface area (Å²) < 4.78 is 16.3. The number of halogens is 1. The molecule has 1 amide bonds. The lowest BCUT2D eigenvalue weighted by atomic mass is 10.1. The molecule has 146 valence electrons. The Balaban J connectivity index is 1.94. The second-order valence-corrected chi connectivity index (χ2v) is 6.22. The summed E-state index contributed by atoms with van der Waals surface area (Å²) in [6.45, 7) is 3.66. The number of carbonyl (C=O) groups excluding carboxylic acids is 1. The molecule has 0 atom stereocenters. The highest BCUT2D eigenvalue weighted by atomic mass is 35.5. The average Bonchev–Trinajstić information content (AvgIpc) is 2.68. The molecular weight excluding hydrogens is 368 g/mol. The molecule has 0 saturated heterocycles. The zero-order chi connectivity index (χ0) is 19.6. The van der Waals surface area contributed by atoms with Crippen LogP contribution in [0.5, 0.6) is 17.2 Å². The van der Waals surface area contributed by atoms with Crippen molar-refractivity contribution < 1.29 is 19.0 Å². The van der Waals surface area contributed by atoms with E-state index in [4.69, 9.17) is 25.8 Å². The summed E-state index contributed by atoms with van der Waals surface area (Å²) in [5, 5.41) is 6.70. The molecule has 0 saturated carbocycles. The van der Waals surface area contributed by atoms with Crippen LogP contribution in [-0.2, 0) is 17.9 Å². The van der Waals surface area contributed by atoms with Crippen LogP contribution in [-0.4, -0.2) is 33.3 Å². The number of ether oxygens (including phenoxy) is 3. The fourth-order valence-corrected chi connectivity index (χ4v) is 2.70. The van der Waals surface area contributed by atoms with Crippen LogP contribution < -0.4 is 24.8 Å². The molecule has 0 aliphatic heterocycles. The Hall–Kier alpha value is -2.44. The summed E-state index contributed by atoms with van der Waals surface area (Å²) in [6, 6.07) is 11.2. The van der Waals surface area contributed by atoms with Gasteiger partial charge in [-0.3, -0.25) is 4.79 Å². The van der Waals surface area contributed by atoms with Crippen LogP contribution >= 0.6 is 11.6 Å². The van der Waals surface area contributed by atoms with E-state index in [1.165, 1.54) is 0 Å². The standard InChI is InChI=1S/C20H25ClN2O4/c1-4-23-20(24)13-27-17-8-5-14(9-19(17)26-3)11-22-12-15-6-7-16(21)10-18(15)25-2/h5-10,22H,4,11-13H2,1-3H3,(H,23,24). The van der Waals surface area contributed by atoms with Gasteiger partial charge in [0.25, 0.3) is 5.91 Å². The topological polar surface area (TPSA) is 68.8 Å². The van der Waals surface area contributed by atoms with Gasteiger partial charge in [0.05, 0.1) is 14.2 Å². The third-order valence-corrected chi connectivity index (χ3v) is 4.09. The number of nitrogens with one attached hydrogen (secondary N) is 2. The second-order valence-electron chi connectivity index (χ2n) is 5.79. The predicted molar refractivity (Wildman–Crippen MR) is 106 cm³/mol. The number of likely N-dealkylation sites (N-methyl/N-ethyl adjacent to an activating group) is 1. The van der Waals surface area contributed by atoms with E-state index in [0.29, 0.717) is 36.2 Å². The summed E-state index contributed by atoms with van der Waals surface area (Å²) in [7, 11) is 3.20. The minimum Gasteiger partial charge on any atom is -0.496 e. The molecule has 2 rings (SSSR count). The van der Waals surface area contributed by atoms with Crippen LogP contribution in [0, 0.1) is 0 Å². The molecule has 0 bridgehead atoms. The Labute approximate surface area is 164 Å². The molecular formula is C20H25ClN2O4. The number of rotatable bonds is 10. The van der Waals surface area contributed by atoms with E-state index in [-0.39, 0.29) is 12.5 Å². The van der Waals surface area contributed by atoms with Crippen molar-refractivity contribution in [2.24, 2.45) is 0 Å². The second kappa shape index (κ2) is 10.6. The van der Waals surface area contributed by atoms with Crippen LogP contribution in [0.2, 0.25) is 5.02 Å². The largest absolute Gasteiger partial charge is 0.496 e. The van der Waals surface area contributed by atoms with Crippen LogP contribution in [0.15, 0.2) is 36.4 Å². The van der Waals surface area contributed by atoms with Gasteiger partial charge in [0.15, 0.2) is 18.1 Å². The molecule has 0 unspecified atom stereocenters. The normalized spacial score (nSPS) is 10.4. The molecule has 2 aromatic carbocycles. The van der Waals surface area contributed by atoms with Crippen LogP contribution in [0.25, 0.3) is 0 Å². The summed E-state index contributed by atoms with van der Waals surface area (Å²) >= 11 is 5.99. The summed E-state index contributed by atoms with van der Waals surface area (Å²) in [4.78, 5) is 11.5. The average molecular weight is 393 g/mol. The van der Waals surface area contributed by atoms with Gasteiger partial charge >= 0.3 is 0 Å². The minimum atomic E-state index is -0.165. The van der Waals surface area contributed by atoms with Crippen LogP contribution in [0.3, 0.4) is 0 Å². The van der Waals surface area contributed by atoms with Gasteiger partial charge in [-0.25, -0.2) is 0 Å². The molecule has 0 aliphatic rings. The number of carbonyl (C=O) groups is 1. The fraction of sp³-hybridized carbons (Fsp3) is 0.350. The summed E-state index contributed by atoms with van der Waals surface area (Å²) in [6.07, 6.45) is 0. The minimum absolute atomic E-state index is 0.0435. The van der Waals surface area contributed by atoms with Crippen molar-refractivity contribution in [2.45, 2.75) is 20.0 Å². The predicted octanol–water partition coefficient (Wildman–Crippen LogP) is 3.16. The third kappa shape index (κ3) is 6.34. The number of benzene rings is 2. The molecule has 0 aromatic heterocycles. The van der Waals surface area contributed by atoms with E-state index < -0.39 is 0 Å². The van der Waals surface area contributed by atoms with Crippen molar-refractivity contribution in [1.82, 2.24) is 10.6 Å². The van der Waals surface area contributed by atoms with Crippen molar-refractivity contribution in [1.29, 1.82) is 0 Å². The van der Waals surface area contributed by atoms with Gasteiger partial charge in [0, 0.05) is 30.2 Å². The Bertz CT molecular complexity index is 768. The number of hydrogen-bond acceptors (Lipinski definition) is 5. The Morgan fingerprint density at radius 2 is 1.78 bits per heavy atom. The molecule has 27 heavy (non-hydrogen) atoms. The lowest BCUT2D eigenvalue weighted by Gasteiger charge is -2.13. The zero-order valence-electron chi connectivity index (χ0n) is 15.8. The first-order valence-corrected chi connectivity index (χ1v) is 9.04. The van der Waals surface area contributed by atoms with E-state index in [1.807, 2.05) is 31.2 Å². The molecule has 0 aliphatic carbocycles. The van der Waals surface area contributed by atoms with Crippen molar-refractivity contribution in [3.05, 3.63) is 52.5 Å². The molecule has 7 heteroatoms. The van der Waals surface area contributed by atoms with Gasteiger partial charge in [-0.05, 0) is 36.8 Å². The first-order valence-electron chi connectivity index (χ1n) is 8.67. The van der Waals surface area contributed by atoms with Crippen molar-refractivity contribution in [3.8, 4) is 17.2 Å². The van der Waals surface area contributed by atoms with Gasteiger partial charge in [0.2, 0.25) is 0 Å². The van der Waals surface area contributed by atoms with E-state index in [1.54, 1.807) is 26.4 Å². The van der Waals surface area contributed by atoms with Crippen LogP contribution in [0.4, 0.5) is 0 Å². The molecule has 2 N–H and O–H groups in total. The SMILES string of the molecule is CCNC(=O)COc1ccc(CNCc2ccc(Cl)cc2OC)cc1OC. The van der Waals surface area contributed by atoms with Crippen LogP contribution in [0.1, 0.15) is 18.1 Å². The Morgan fingerprint density at radius 3 is 2.48 bits per heavy atom. The van der Waals surface area contributed by atoms with E-state index >= 15 is 0 Å². The first kappa shape index (κ1) is 20.9. The van der Waals surface area contributed by atoms with Gasteiger partial charge < -0.3 is 24.8 Å². The summed E-state index contributed by atoms with van der Waals surface area (Å²) in [5.41, 5.74) is 2.06. The smallest absolute Gasteiger partial charge is 0.257 e. The van der Waals surface area contributed by atoms with Crippen molar-refractivity contribution >= 4 is 17.5 Å². The van der Waals surface area contributed by atoms with E-state index in [2.05, 4.69) is 10.6 Å². The zero-order valence-corrected chi connectivity index (χ0v) is 16.6. The van der Waals surface area contributed by atoms with E-state index in [0.717, 1.165) is 16.9 Å². The first-order chi connectivity index (χ1) is 13.1. The molecule has 6 nitrogen and oxygen atoms in total. The van der Waals surface area contributed by atoms with Gasteiger partial charge in [-0.15, -0.1) is 0 Å². The maximum absolute atomic E-state index is 11.5. The van der Waals surface area contributed by atoms with Gasteiger partial charge in [-0.2, -0.15) is 0 Å². The number of hydrogen-bond donors (Lipinski definition) is 2. The van der Waals surface area contributed by atoms with Crippen molar-refractivity contribution in [3.63, 3.8) is 0 Å². The lowest BCUT2D eigenvalue weighted by Crippen LogP contribution is -2.28. The highest BCUT2D eigenvalue weighted by Crippen LogP contribution is 2.28. The molecule has 2 aromatic rings. The molecule has 0 radical (unpaired) electrons. The molecule has 0 heterocycles. The third-order valence-electron chi connectivity index (χ3n) is 3.85. The van der Waals surface area contributed by atoms with Gasteiger partial charge in [0.1, 0.15) is 5.75 Å². The number of amides is 1. The lowest BCUT2D eigenvalue weighted by molar-refractivity contribution is -0.123. The number of methoxy groups -OCH3 is 2. The maximum atomic E-state index is 11.5. The summed E-state index contributed by atoms with van der Waals surface area (Å²) in [5.74, 6) is 1.71. The highest BCUT2D eigenvalue weighted by molar-refractivity contribution is 6.30. The van der Waals surface area contributed by atoms with Crippen molar-refractivity contribution in [2.75, 3.05) is 27.4 Å². The maximum Gasteiger partial charge on any atom is 0.257 e. The van der Waals surface area contributed by atoms with E-state index in [9.17, 15) is 4.79 Å². The Kier molecular flexibility index (Phi) is 8.23. The molecule has 0 spiro atoms. The Morgan fingerprint density at radius 1 is 1.00 bits per heavy atom. The highest BCUT2D eigenvalue weighted by Gasteiger charge is 2.09. The monoisotopic (exact) mass is 392 g/mol. The molecule has 0 fully saturated rings. The fourth-order valence-electron chi connectivity index (χ4n) is 2.54.